The van der Waals surface area contributed by atoms with E-state index in [1.165, 1.54) is 18.4 Å². The number of benzene rings is 1. The lowest BCUT2D eigenvalue weighted by Crippen LogP contribution is -2.39. The van der Waals surface area contributed by atoms with Crippen LogP contribution in [-0.2, 0) is 16.1 Å². The first kappa shape index (κ1) is 18.3. The fraction of sp³-hybridized carbons (Fsp3) is 0.263. The van der Waals surface area contributed by atoms with Crippen molar-refractivity contribution in [1.29, 1.82) is 0 Å². The molecule has 0 spiro atoms. The van der Waals surface area contributed by atoms with Crippen LogP contribution in [-0.4, -0.2) is 34.9 Å². The molecule has 6 heteroatoms. The summed E-state index contributed by atoms with van der Waals surface area (Å²) in [5, 5.41) is 12.4. The van der Waals surface area contributed by atoms with Gasteiger partial charge in [-0.2, -0.15) is 0 Å². The van der Waals surface area contributed by atoms with Gasteiger partial charge >= 0.3 is 0 Å². The Kier molecular flexibility index (Phi) is 6.83. The number of para-hydroxylation sites is 1. The predicted octanol–water partition coefficient (Wildman–Crippen LogP) is 2.55. The monoisotopic (exact) mass is 342 g/mol. The molecule has 0 aliphatic heterocycles. The maximum atomic E-state index is 12.4. The topological polar surface area (TPSA) is 82.8 Å². The second kappa shape index (κ2) is 9.32. The summed E-state index contributed by atoms with van der Waals surface area (Å²) in [6, 6.07) is 10.4. The van der Waals surface area contributed by atoms with Gasteiger partial charge in [0.2, 0.25) is 11.8 Å². The number of aromatic hydroxyl groups is 1. The quantitative estimate of drug-likeness (QED) is 0.722. The minimum atomic E-state index is -0.372. The first-order valence-corrected chi connectivity index (χ1v) is 8.14. The van der Waals surface area contributed by atoms with Crippen molar-refractivity contribution in [3.05, 3.63) is 60.1 Å². The molecule has 0 fully saturated rings. The third kappa shape index (κ3) is 5.84. The van der Waals surface area contributed by atoms with E-state index in [0.29, 0.717) is 24.4 Å². The molecule has 0 unspecified atom stereocenters. The standard InChI is InChI=1S/C19H22N2O4/c1-2-11-21(14-15-6-3-4-8-17(15)22)19(24)13-20-18(23)10-9-16-7-5-12-25-16/h3-10,12,22H,2,11,13-14H2,1H3,(H,20,23)/b10-9-. The Labute approximate surface area is 146 Å². The molecular formula is C19H22N2O4. The van der Waals surface area contributed by atoms with Crippen molar-refractivity contribution in [2.45, 2.75) is 19.9 Å². The van der Waals surface area contributed by atoms with Gasteiger partial charge in [0.15, 0.2) is 0 Å². The number of carbonyl (C=O) groups is 2. The fourth-order valence-corrected chi connectivity index (χ4v) is 2.29. The molecule has 25 heavy (non-hydrogen) atoms. The minimum Gasteiger partial charge on any atom is -0.508 e. The summed E-state index contributed by atoms with van der Waals surface area (Å²) in [6.07, 6.45) is 5.15. The van der Waals surface area contributed by atoms with Crippen molar-refractivity contribution in [1.82, 2.24) is 10.2 Å². The average molecular weight is 342 g/mol. The van der Waals surface area contributed by atoms with E-state index in [2.05, 4.69) is 5.32 Å². The number of nitrogens with zero attached hydrogens (tertiary/aromatic N) is 1. The highest BCUT2D eigenvalue weighted by Gasteiger charge is 2.15. The van der Waals surface area contributed by atoms with E-state index in [1.807, 2.05) is 13.0 Å². The summed E-state index contributed by atoms with van der Waals surface area (Å²) in [6.45, 7) is 2.72. The lowest BCUT2D eigenvalue weighted by molar-refractivity contribution is -0.132. The van der Waals surface area contributed by atoms with E-state index >= 15 is 0 Å². The van der Waals surface area contributed by atoms with Crippen LogP contribution in [0.25, 0.3) is 6.08 Å². The number of carbonyl (C=O) groups excluding carboxylic acids is 2. The molecule has 0 saturated carbocycles. The lowest BCUT2D eigenvalue weighted by Gasteiger charge is -2.22. The maximum Gasteiger partial charge on any atom is 0.244 e. The fourth-order valence-electron chi connectivity index (χ4n) is 2.29. The minimum absolute atomic E-state index is 0.102. The molecule has 2 amide bonds. The van der Waals surface area contributed by atoms with E-state index in [-0.39, 0.29) is 24.1 Å². The van der Waals surface area contributed by atoms with Gasteiger partial charge in [-0.05, 0) is 30.7 Å². The molecule has 0 bridgehead atoms. The molecule has 0 aliphatic rings. The Morgan fingerprint density at radius 3 is 2.72 bits per heavy atom. The molecule has 0 saturated heterocycles. The van der Waals surface area contributed by atoms with Gasteiger partial charge < -0.3 is 19.7 Å². The van der Waals surface area contributed by atoms with Crippen molar-refractivity contribution in [3.8, 4) is 5.75 Å². The Hall–Kier alpha value is -3.02. The highest BCUT2D eigenvalue weighted by Crippen LogP contribution is 2.17. The normalized spacial score (nSPS) is 10.8. The second-order valence-corrected chi connectivity index (χ2v) is 5.51. The SMILES string of the molecule is CCCN(Cc1ccccc1O)C(=O)CNC(=O)/C=C\c1ccco1. The van der Waals surface area contributed by atoms with Crippen molar-refractivity contribution in [2.24, 2.45) is 0 Å². The Bertz CT molecular complexity index is 723. The van der Waals surface area contributed by atoms with E-state index in [4.69, 9.17) is 4.42 Å². The Morgan fingerprint density at radius 1 is 1.24 bits per heavy atom. The number of furan rings is 1. The smallest absolute Gasteiger partial charge is 0.244 e. The number of rotatable bonds is 8. The predicted molar refractivity (Wildman–Crippen MR) is 94.6 cm³/mol. The number of nitrogens with one attached hydrogen (secondary N) is 1. The van der Waals surface area contributed by atoms with E-state index in [0.717, 1.165) is 6.42 Å². The van der Waals surface area contributed by atoms with Gasteiger partial charge in [-0.25, -0.2) is 0 Å². The Morgan fingerprint density at radius 2 is 2.04 bits per heavy atom. The molecule has 2 rings (SSSR count). The van der Waals surface area contributed by atoms with Crippen LogP contribution in [0.15, 0.2) is 53.2 Å². The van der Waals surface area contributed by atoms with E-state index in [1.54, 1.807) is 35.2 Å². The Balaban J connectivity index is 1.89. The van der Waals surface area contributed by atoms with Crippen LogP contribution in [0.3, 0.4) is 0 Å². The van der Waals surface area contributed by atoms with Crippen LogP contribution in [0.1, 0.15) is 24.7 Å². The maximum absolute atomic E-state index is 12.4. The molecule has 0 radical (unpaired) electrons. The zero-order chi connectivity index (χ0) is 18.1. The summed E-state index contributed by atoms with van der Waals surface area (Å²) in [5.41, 5.74) is 0.674. The third-order valence-corrected chi connectivity index (χ3v) is 3.56. The number of hydrogen-bond donors (Lipinski definition) is 2. The van der Waals surface area contributed by atoms with Gasteiger partial charge in [0, 0.05) is 24.7 Å². The van der Waals surface area contributed by atoms with Gasteiger partial charge in [-0.15, -0.1) is 0 Å². The van der Waals surface area contributed by atoms with Crippen molar-refractivity contribution in [2.75, 3.05) is 13.1 Å². The van der Waals surface area contributed by atoms with Crippen LogP contribution in [0.5, 0.6) is 5.75 Å². The first-order chi connectivity index (χ1) is 12.1. The van der Waals surface area contributed by atoms with Crippen LogP contribution >= 0.6 is 0 Å². The number of hydrogen-bond acceptors (Lipinski definition) is 4. The molecule has 0 aliphatic carbocycles. The molecule has 1 heterocycles. The zero-order valence-electron chi connectivity index (χ0n) is 14.1. The zero-order valence-corrected chi connectivity index (χ0v) is 14.1. The summed E-state index contributed by atoms with van der Waals surface area (Å²) >= 11 is 0. The first-order valence-electron chi connectivity index (χ1n) is 8.14. The molecule has 0 atom stereocenters. The highest BCUT2D eigenvalue weighted by atomic mass is 16.3. The van der Waals surface area contributed by atoms with E-state index in [9.17, 15) is 14.7 Å². The lowest BCUT2D eigenvalue weighted by atomic mass is 10.2. The van der Waals surface area contributed by atoms with Gasteiger partial charge in [0.25, 0.3) is 0 Å². The van der Waals surface area contributed by atoms with Crippen molar-refractivity contribution >= 4 is 17.9 Å². The van der Waals surface area contributed by atoms with Gasteiger partial charge in [0.05, 0.1) is 12.8 Å². The molecule has 1 aromatic heterocycles. The van der Waals surface area contributed by atoms with Gasteiger partial charge in [0.1, 0.15) is 11.5 Å². The van der Waals surface area contributed by atoms with E-state index < -0.39 is 0 Å². The number of phenolic OH excluding ortho intramolecular Hbond substituents is 1. The van der Waals surface area contributed by atoms with Crippen LogP contribution in [0, 0.1) is 0 Å². The molecule has 1 aromatic carbocycles. The second-order valence-electron chi connectivity index (χ2n) is 5.51. The van der Waals surface area contributed by atoms with Gasteiger partial charge in [-0.3, -0.25) is 9.59 Å². The van der Waals surface area contributed by atoms with Crippen LogP contribution in [0.4, 0.5) is 0 Å². The molecule has 2 N–H and O–H groups in total. The largest absolute Gasteiger partial charge is 0.508 e. The summed E-state index contributed by atoms with van der Waals surface area (Å²) in [4.78, 5) is 25.8. The number of amides is 2. The van der Waals surface area contributed by atoms with Crippen LogP contribution in [0.2, 0.25) is 0 Å². The van der Waals surface area contributed by atoms with Gasteiger partial charge in [-0.1, -0.05) is 25.1 Å². The molecular weight excluding hydrogens is 320 g/mol. The van der Waals surface area contributed by atoms with Crippen molar-refractivity contribution in [3.63, 3.8) is 0 Å². The molecule has 2 aromatic rings. The average Bonchev–Trinajstić information content (AvgIpc) is 3.13. The number of phenols is 1. The molecule has 6 nitrogen and oxygen atoms in total. The molecule has 132 valence electrons. The third-order valence-electron chi connectivity index (χ3n) is 3.56. The highest BCUT2D eigenvalue weighted by molar-refractivity contribution is 5.94. The van der Waals surface area contributed by atoms with Crippen LogP contribution < -0.4 is 5.32 Å². The summed E-state index contributed by atoms with van der Waals surface area (Å²) in [5.74, 6) is 0.143. The summed E-state index contributed by atoms with van der Waals surface area (Å²) in [7, 11) is 0. The summed E-state index contributed by atoms with van der Waals surface area (Å²) < 4.78 is 5.09. The van der Waals surface area contributed by atoms with Crippen molar-refractivity contribution < 1.29 is 19.1 Å².